The van der Waals surface area contributed by atoms with Gasteiger partial charge in [-0.2, -0.15) is 0 Å². The van der Waals surface area contributed by atoms with E-state index in [-0.39, 0.29) is 18.5 Å². The lowest BCUT2D eigenvalue weighted by molar-refractivity contribution is -0.302. The van der Waals surface area contributed by atoms with Gasteiger partial charge >= 0.3 is 5.97 Å². The Morgan fingerprint density at radius 3 is 1.13 bits per heavy atom. The summed E-state index contributed by atoms with van der Waals surface area (Å²) in [4.78, 5) is 25.2. The number of hydrogen-bond acceptors (Lipinski definition) is 10. The summed E-state index contributed by atoms with van der Waals surface area (Å²) in [5.41, 5.74) is 0. The van der Waals surface area contributed by atoms with Crippen LogP contribution in [-0.2, 0) is 23.8 Å². The molecule has 7 unspecified atom stereocenters. The highest BCUT2D eigenvalue weighted by atomic mass is 16.7. The molecule has 0 aliphatic carbocycles. The molecule has 0 aromatic heterocycles. The van der Waals surface area contributed by atoms with E-state index >= 15 is 0 Å². The number of carbonyl (C=O) groups is 2. The van der Waals surface area contributed by atoms with Gasteiger partial charge in [0.25, 0.3) is 0 Å². The first kappa shape index (κ1) is 89.6. The second-order valence-corrected chi connectivity index (χ2v) is 28.5. The van der Waals surface area contributed by atoms with Crippen LogP contribution in [0, 0.1) is 0 Å². The fourth-order valence-corrected chi connectivity index (χ4v) is 13.0. The summed E-state index contributed by atoms with van der Waals surface area (Å²) < 4.78 is 16.7. The number of carbonyl (C=O) groups excluding carboxylic acids is 2. The van der Waals surface area contributed by atoms with Crippen molar-refractivity contribution >= 4 is 11.9 Å². The molecule has 1 fully saturated rings. The predicted molar refractivity (Wildman–Crippen MR) is 398 cm³/mol. The maximum absolute atomic E-state index is 13.0. The standard InChI is InChI=1S/C83H155NO10/c1-3-5-7-9-11-13-15-16-17-41-45-48-51-55-59-63-67-71-79(88)92-72-68-64-60-56-52-49-46-43-40-38-36-34-32-30-28-26-24-22-20-18-19-21-23-25-27-29-31-33-35-37-39-42-44-47-50-54-58-62-66-70-78(87)84-75(74-93-83-82(91)81(90)80(89)77(73-85)94-83)76(86)69-65-61-57-53-14-12-10-8-6-4-2/h14,18-19,22,24,53,65,69,75-77,80-83,85-86,89-91H,3-13,15-17,20-21,23,25-52,54-64,66-68,70-74H2,1-2H3,(H,84,87)/b19-18-,24-22-,53-14+,69-65+. The van der Waals surface area contributed by atoms with Crippen LogP contribution >= 0.6 is 0 Å². The van der Waals surface area contributed by atoms with E-state index in [1.54, 1.807) is 6.08 Å². The Morgan fingerprint density at radius 2 is 0.723 bits per heavy atom. The van der Waals surface area contributed by atoms with Gasteiger partial charge in [0.2, 0.25) is 5.91 Å². The van der Waals surface area contributed by atoms with Crippen molar-refractivity contribution in [2.45, 2.75) is 448 Å². The summed E-state index contributed by atoms with van der Waals surface area (Å²) in [6, 6.07) is -0.825. The molecule has 1 aliphatic rings. The van der Waals surface area contributed by atoms with Gasteiger partial charge < -0.3 is 45.1 Å². The van der Waals surface area contributed by atoms with Gasteiger partial charge in [0.15, 0.2) is 6.29 Å². The lowest BCUT2D eigenvalue weighted by atomic mass is 9.99. The second-order valence-electron chi connectivity index (χ2n) is 28.5. The number of esters is 1. The summed E-state index contributed by atoms with van der Waals surface area (Å²) in [6.07, 6.45) is 86.0. The lowest BCUT2D eigenvalue weighted by Gasteiger charge is -2.40. The summed E-state index contributed by atoms with van der Waals surface area (Å²) in [5, 5.41) is 54.4. The van der Waals surface area contributed by atoms with Gasteiger partial charge in [-0.05, 0) is 77.0 Å². The molecule has 0 spiro atoms. The number of rotatable bonds is 73. The van der Waals surface area contributed by atoms with Gasteiger partial charge in [-0.15, -0.1) is 0 Å². The second kappa shape index (κ2) is 71.9. The van der Waals surface area contributed by atoms with Gasteiger partial charge in [0, 0.05) is 12.8 Å². The number of ether oxygens (including phenoxy) is 3. The smallest absolute Gasteiger partial charge is 0.305 e. The van der Waals surface area contributed by atoms with Crippen molar-refractivity contribution in [2.75, 3.05) is 19.8 Å². The molecule has 11 nitrogen and oxygen atoms in total. The molecule has 0 radical (unpaired) electrons. The third-order valence-corrected chi connectivity index (χ3v) is 19.4. The first-order valence-corrected chi connectivity index (χ1v) is 40.9. The fourth-order valence-electron chi connectivity index (χ4n) is 13.0. The fraction of sp³-hybridized carbons (Fsp3) is 0.880. The molecule has 552 valence electrons. The molecule has 6 N–H and O–H groups in total. The average molecular weight is 1330 g/mol. The van der Waals surface area contributed by atoms with Crippen LogP contribution in [0.2, 0.25) is 0 Å². The van der Waals surface area contributed by atoms with Gasteiger partial charge in [-0.25, -0.2) is 0 Å². The van der Waals surface area contributed by atoms with Crippen molar-refractivity contribution < 1.29 is 49.3 Å². The first-order chi connectivity index (χ1) is 46.2. The van der Waals surface area contributed by atoms with Crippen LogP contribution in [0.25, 0.3) is 0 Å². The highest BCUT2D eigenvalue weighted by Gasteiger charge is 2.44. The SMILES string of the molecule is CCCCCC/C=C/CC/C=C/C(O)C(COC1OC(CO)C(O)C(O)C1O)NC(=O)CCCCCCCCCCCCCCCCCCC/C=C\C/C=C\CCCCCCCCCCCCCCCCCOC(=O)CCCCCCCCCCCCCCCCCCC. The van der Waals surface area contributed by atoms with Gasteiger partial charge in [0.1, 0.15) is 24.4 Å². The maximum Gasteiger partial charge on any atom is 0.305 e. The third kappa shape index (κ3) is 59.7. The van der Waals surface area contributed by atoms with Crippen molar-refractivity contribution in [3.63, 3.8) is 0 Å². The Bertz CT molecular complexity index is 1700. The molecule has 94 heavy (non-hydrogen) atoms. The van der Waals surface area contributed by atoms with Crippen LogP contribution < -0.4 is 5.32 Å². The Labute approximate surface area is 580 Å². The largest absolute Gasteiger partial charge is 0.466 e. The minimum Gasteiger partial charge on any atom is -0.466 e. The lowest BCUT2D eigenvalue weighted by Crippen LogP contribution is -2.60. The zero-order valence-electron chi connectivity index (χ0n) is 61.7. The monoisotopic (exact) mass is 1330 g/mol. The predicted octanol–water partition coefficient (Wildman–Crippen LogP) is 22.3. The van der Waals surface area contributed by atoms with Gasteiger partial charge in [0.05, 0.1) is 32.0 Å². The summed E-state index contributed by atoms with van der Waals surface area (Å²) in [7, 11) is 0. The molecular formula is C83H155NO10. The van der Waals surface area contributed by atoms with Crippen molar-refractivity contribution in [1.29, 1.82) is 0 Å². The number of hydrogen-bond donors (Lipinski definition) is 6. The molecule has 0 saturated carbocycles. The molecule has 0 bridgehead atoms. The zero-order chi connectivity index (χ0) is 67.9. The van der Waals surface area contributed by atoms with E-state index < -0.39 is 49.5 Å². The van der Waals surface area contributed by atoms with E-state index in [0.717, 1.165) is 57.8 Å². The maximum atomic E-state index is 13.0. The zero-order valence-corrected chi connectivity index (χ0v) is 61.7. The molecule has 0 aromatic carbocycles. The number of nitrogens with one attached hydrogen (secondary N) is 1. The van der Waals surface area contributed by atoms with Crippen molar-refractivity contribution in [3.05, 3.63) is 48.6 Å². The van der Waals surface area contributed by atoms with Crippen LogP contribution in [0.5, 0.6) is 0 Å². The highest BCUT2D eigenvalue weighted by Crippen LogP contribution is 2.24. The van der Waals surface area contributed by atoms with E-state index in [0.29, 0.717) is 19.4 Å². The van der Waals surface area contributed by atoms with Gasteiger partial charge in [-0.1, -0.05) is 364 Å². The number of unbranched alkanes of at least 4 members (excludes halogenated alkanes) is 53. The molecule has 1 aliphatic heterocycles. The van der Waals surface area contributed by atoms with Crippen molar-refractivity contribution in [2.24, 2.45) is 0 Å². The quantitative estimate of drug-likeness (QED) is 0.0195. The third-order valence-electron chi connectivity index (χ3n) is 19.4. The van der Waals surface area contributed by atoms with E-state index in [1.807, 2.05) is 6.08 Å². The Balaban J connectivity index is 1.86. The normalized spacial score (nSPS) is 17.6. The van der Waals surface area contributed by atoms with Crippen molar-refractivity contribution in [1.82, 2.24) is 5.32 Å². The molecule has 11 heteroatoms. The number of aliphatic hydroxyl groups excluding tert-OH is 5. The first-order valence-electron chi connectivity index (χ1n) is 40.9. The number of aliphatic hydroxyl groups is 5. The summed E-state index contributed by atoms with van der Waals surface area (Å²) >= 11 is 0. The van der Waals surface area contributed by atoms with Crippen LogP contribution in [-0.4, -0.2) is 100 Å². The van der Waals surface area contributed by atoms with Crippen LogP contribution in [0.1, 0.15) is 406 Å². The van der Waals surface area contributed by atoms with E-state index in [9.17, 15) is 35.1 Å². The van der Waals surface area contributed by atoms with Crippen LogP contribution in [0.4, 0.5) is 0 Å². The molecule has 1 amide bonds. The molecule has 1 saturated heterocycles. The number of amides is 1. The van der Waals surface area contributed by atoms with Gasteiger partial charge in [-0.3, -0.25) is 9.59 Å². The molecule has 1 heterocycles. The Hall–Kier alpha value is -2.38. The molecule has 1 rings (SSSR count). The topological polar surface area (TPSA) is 175 Å². The van der Waals surface area contributed by atoms with Crippen molar-refractivity contribution in [3.8, 4) is 0 Å². The molecule has 0 aromatic rings. The van der Waals surface area contributed by atoms with Crippen LogP contribution in [0.15, 0.2) is 48.6 Å². The van der Waals surface area contributed by atoms with Crippen LogP contribution in [0.3, 0.4) is 0 Å². The summed E-state index contributed by atoms with van der Waals surface area (Å²) in [6.45, 7) is 4.34. The Kier molecular flexibility index (Phi) is 68.5. The Morgan fingerprint density at radius 1 is 0.394 bits per heavy atom. The highest BCUT2D eigenvalue weighted by molar-refractivity contribution is 5.76. The minimum atomic E-state index is -1.57. The average Bonchev–Trinajstić information content (AvgIpc) is 0.904. The van der Waals surface area contributed by atoms with E-state index in [4.69, 9.17) is 14.2 Å². The minimum absolute atomic E-state index is 0.0190. The molecule has 7 atom stereocenters. The van der Waals surface area contributed by atoms with E-state index in [2.05, 4.69) is 55.6 Å². The molecular weight excluding hydrogens is 1170 g/mol. The van der Waals surface area contributed by atoms with E-state index in [1.165, 1.54) is 321 Å². The summed E-state index contributed by atoms with van der Waals surface area (Å²) in [5.74, 6) is -0.170. The number of allylic oxidation sites excluding steroid dienone is 7.